The van der Waals surface area contributed by atoms with Crippen molar-refractivity contribution in [3.8, 4) is 16.9 Å². The Morgan fingerprint density at radius 2 is 1.90 bits per heavy atom. The molecule has 0 bridgehead atoms. The molecule has 4 rings (SSSR count). The molecule has 8 nitrogen and oxygen atoms in total. The summed E-state index contributed by atoms with van der Waals surface area (Å²) in [4.78, 5) is 36.6. The largest absolute Gasteiger partial charge is 0.465 e. The number of methoxy groups -OCH3 is 1. The highest BCUT2D eigenvalue weighted by Gasteiger charge is 2.22. The monoisotopic (exact) mass is 416 g/mol. The number of fused-ring (bicyclic) bond motifs is 1. The summed E-state index contributed by atoms with van der Waals surface area (Å²) in [6.45, 7) is 0. The number of hydrogen-bond acceptors (Lipinski definition) is 5. The predicted octanol–water partition coefficient (Wildman–Crippen LogP) is 3.02. The number of aromatic amines is 1. The van der Waals surface area contributed by atoms with Crippen molar-refractivity contribution < 1.29 is 14.3 Å². The molecule has 0 saturated heterocycles. The van der Waals surface area contributed by atoms with Gasteiger partial charge in [-0.15, -0.1) is 0 Å². The Morgan fingerprint density at radius 1 is 1.10 bits per heavy atom. The van der Waals surface area contributed by atoms with Crippen molar-refractivity contribution in [2.24, 2.45) is 0 Å². The first-order valence-corrected chi connectivity index (χ1v) is 9.68. The summed E-state index contributed by atoms with van der Waals surface area (Å²) in [6.07, 6.45) is 4.14. The number of pyridine rings is 1. The lowest BCUT2D eigenvalue weighted by Gasteiger charge is -2.13. The summed E-state index contributed by atoms with van der Waals surface area (Å²) in [5, 5.41) is 9.16. The van der Waals surface area contributed by atoms with Gasteiger partial charge in [-0.1, -0.05) is 36.4 Å². The minimum absolute atomic E-state index is 0.103. The summed E-state index contributed by atoms with van der Waals surface area (Å²) in [5.74, 6) is -0.704. The van der Waals surface area contributed by atoms with Crippen LogP contribution in [0.25, 0.3) is 16.9 Å². The average Bonchev–Trinajstić information content (AvgIpc) is 3.18. The lowest BCUT2D eigenvalue weighted by atomic mass is 10.1. The molecule has 0 spiro atoms. The van der Waals surface area contributed by atoms with Crippen molar-refractivity contribution in [1.82, 2.24) is 14.8 Å². The van der Waals surface area contributed by atoms with E-state index in [1.54, 1.807) is 41.2 Å². The zero-order valence-corrected chi connectivity index (χ0v) is 16.8. The maximum atomic E-state index is 12.4. The van der Waals surface area contributed by atoms with E-state index in [0.29, 0.717) is 24.2 Å². The lowest BCUT2D eigenvalue weighted by molar-refractivity contribution is -0.116. The standard InChI is InChI=1S/C23H20N4O4/c1-31-23(30)19-14-27(13-18-21(19)25-26-22(18)29)17-9-5-8-16(12-17)24-20(28)11-10-15-6-3-2-4-7-15/h2-9,12-14H,10-11H2,1H3,(H,24,28)(H,26,29). The van der Waals surface area contributed by atoms with E-state index in [9.17, 15) is 14.4 Å². The maximum Gasteiger partial charge on any atom is 0.341 e. The second-order valence-corrected chi connectivity index (χ2v) is 6.97. The number of ether oxygens (including phenoxy) is 1. The van der Waals surface area contributed by atoms with E-state index >= 15 is 0 Å². The number of carbonyl (C=O) groups excluding carboxylic acids is 2. The average molecular weight is 416 g/mol. The van der Waals surface area contributed by atoms with Crippen LogP contribution in [0.2, 0.25) is 0 Å². The number of anilines is 1. The molecule has 31 heavy (non-hydrogen) atoms. The molecule has 2 heterocycles. The third-order valence-corrected chi connectivity index (χ3v) is 4.88. The number of rotatable bonds is 6. The molecule has 0 aromatic heterocycles. The van der Waals surface area contributed by atoms with E-state index in [1.165, 1.54) is 7.11 Å². The van der Waals surface area contributed by atoms with E-state index in [-0.39, 0.29) is 22.7 Å². The van der Waals surface area contributed by atoms with Gasteiger partial charge >= 0.3 is 5.97 Å². The first kappa shape index (κ1) is 20.1. The van der Waals surface area contributed by atoms with Crippen LogP contribution in [0.3, 0.4) is 0 Å². The maximum absolute atomic E-state index is 12.4. The molecule has 2 N–H and O–H groups in total. The van der Waals surface area contributed by atoms with E-state index in [2.05, 4.69) is 15.5 Å². The van der Waals surface area contributed by atoms with Gasteiger partial charge in [0.15, 0.2) is 0 Å². The number of carbonyl (C=O) groups is 2. The third kappa shape index (κ3) is 4.37. The second kappa shape index (κ2) is 8.66. The molecule has 1 amide bonds. The number of aromatic nitrogens is 3. The summed E-state index contributed by atoms with van der Waals surface area (Å²) in [7, 11) is 1.27. The molecule has 0 aliphatic carbocycles. The second-order valence-electron chi connectivity index (χ2n) is 6.97. The molecule has 8 heteroatoms. The smallest absolute Gasteiger partial charge is 0.341 e. The summed E-state index contributed by atoms with van der Waals surface area (Å²) in [6, 6.07) is 16.9. The van der Waals surface area contributed by atoms with Crippen LogP contribution < -0.4 is 10.9 Å². The molecular formula is C23H20N4O4. The zero-order valence-electron chi connectivity index (χ0n) is 16.8. The molecule has 0 atom stereocenters. The first-order valence-electron chi connectivity index (χ1n) is 9.68. The van der Waals surface area contributed by atoms with Crippen LogP contribution in [0, 0.1) is 0 Å². The van der Waals surface area contributed by atoms with Gasteiger partial charge in [-0.2, -0.15) is 5.10 Å². The molecule has 0 radical (unpaired) electrons. The van der Waals surface area contributed by atoms with E-state index in [0.717, 1.165) is 5.56 Å². The van der Waals surface area contributed by atoms with Crippen molar-refractivity contribution in [2.45, 2.75) is 12.8 Å². The number of nitrogens with one attached hydrogen (secondary N) is 2. The molecule has 0 saturated carbocycles. The van der Waals surface area contributed by atoms with E-state index in [1.807, 2.05) is 30.3 Å². The molecule has 2 aliphatic rings. The van der Waals surface area contributed by atoms with Gasteiger partial charge in [0.1, 0.15) is 11.3 Å². The first-order chi connectivity index (χ1) is 15.0. The van der Waals surface area contributed by atoms with Crippen LogP contribution in [-0.4, -0.2) is 33.8 Å². The summed E-state index contributed by atoms with van der Waals surface area (Å²) < 4.78 is 6.45. The Hall–Kier alpha value is -4.20. The normalized spacial score (nSPS) is 10.7. The van der Waals surface area contributed by atoms with Gasteiger partial charge in [0, 0.05) is 30.2 Å². The fourth-order valence-corrected chi connectivity index (χ4v) is 3.32. The molecule has 0 fully saturated rings. The molecular weight excluding hydrogens is 396 g/mol. The van der Waals surface area contributed by atoms with Gasteiger partial charge in [-0.05, 0) is 30.2 Å². The van der Waals surface area contributed by atoms with Gasteiger partial charge in [0.2, 0.25) is 5.91 Å². The van der Waals surface area contributed by atoms with Crippen LogP contribution in [0.15, 0.2) is 71.8 Å². The Balaban J connectivity index is 1.58. The van der Waals surface area contributed by atoms with E-state index in [4.69, 9.17) is 4.74 Å². The van der Waals surface area contributed by atoms with Crippen molar-refractivity contribution in [3.63, 3.8) is 0 Å². The quantitative estimate of drug-likeness (QED) is 0.470. The van der Waals surface area contributed by atoms with E-state index < -0.39 is 11.5 Å². The Bertz CT molecular complexity index is 1260. The van der Waals surface area contributed by atoms with Crippen molar-refractivity contribution >= 4 is 17.6 Å². The summed E-state index contributed by atoms with van der Waals surface area (Å²) >= 11 is 0. The lowest BCUT2D eigenvalue weighted by Crippen LogP contribution is -2.13. The van der Waals surface area contributed by atoms with Crippen LogP contribution in [0.1, 0.15) is 22.3 Å². The Labute approximate surface area is 177 Å². The van der Waals surface area contributed by atoms with Gasteiger partial charge in [0.25, 0.3) is 5.56 Å². The van der Waals surface area contributed by atoms with Crippen molar-refractivity contribution in [2.75, 3.05) is 12.4 Å². The SMILES string of the molecule is COC(=O)c1cn(-c2cccc(NC(=O)CCc3ccccc3)c2)cc2c(=O)[nH]nc1-2. The number of hydrogen-bond donors (Lipinski definition) is 2. The van der Waals surface area contributed by atoms with Gasteiger partial charge in [0.05, 0.1) is 12.7 Å². The van der Waals surface area contributed by atoms with Gasteiger partial charge in [-0.25, -0.2) is 9.89 Å². The number of aryl methyl sites for hydroxylation is 1. The molecule has 2 aromatic rings. The minimum atomic E-state index is -0.601. The molecule has 2 aliphatic heterocycles. The number of benzene rings is 2. The van der Waals surface area contributed by atoms with Gasteiger partial charge in [-0.3, -0.25) is 9.59 Å². The Kier molecular flexibility index (Phi) is 5.61. The van der Waals surface area contributed by atoms with Crippen LogP contribution in [0.5, 0.6) is 0 Å². The Morgan fingerprint density at radius 3 is 2.68 bits per heavy atom. The third-order valence-electron chi connectivity index (χ3n) is 4.88. The number of esters is 1. The fraction of sp³-hybridized carbons (Fsp3) is 0.130. The highest BCUT2D eigenvalue weighted by Crippen LogP contribution is 2.24. The topological polar surface area (TPSA) is 106 Å². The molecule has 156 valence electrons. The van der Waals surface area contributed by atoms with Crippen LogP contribution >= 0.6 is 0 Å². The fourth-order valence-electron chi connectivity index (χ4n) is 3.32. The van der Waals surface area contributed by atoms with Crippen molar-refractivity contribution in [3.05, 3.63) is 88.5 Å². The van der Waals surface area contributed by atoms with Crippen molar-refractivity contribution in [1.29, 1.82) is 0 Å². The summed E-state index contributed by atoms with van der Waals surface area (Å²) in [5.41, 5.74) is 2.64. The zero-order chi connectivity index (χ0) is 21.8. The van der Waals surface area contributed by atoms with Crippen LogP contribution in [-0.2, 0) is 16.0 Å². The predicted molar refractivity (Wildman–Crippen MR) is 116 cm³/mol. The van der Waals surface area contributed by atoms with Crippen LogP contribution in [0.4, 0.5) is 5.69 Å². The minimum Gasteiger partial charge on any atom is -0.465 e. The number of amides is 1. The number of nitrogens with zero attached hydrogens (tertiary/aromatic N) is 2. The molecule has 0 unspecified atom stereocenters. The van der Waals surface area contributed by atoms with Gasteiger partial charge < -0.3 is 14.6 Å². The highest BCUT2D eigenvalue weighted by atomic mass is 16.5. The number of H-pyrrole nitrogens is 1. The molecule has 2 aromatic carbocycles. The highest BCUT2D eigenvalue weighted by molar-refractivity contribution is 5.96.